The molecule has 0 fully saturated rings. The Morgan fingerprint density at radius 2 is 2.25 bits per heavy atom. The van der Waals surface area contributed by atoms with E-state index in [1.165, 1.54) is 28.0 Å². The van der Waals surface area contributed by atoms with Gasteiger partial charge in [-0.2, -0.15) is 0 Å². The summed E-state index contributed by atoms with van der Waals surface area (Å²) in [4.78, 5) is 8.75. The molecule has 4 aromatic heterocycles. The van der Waals surface area contributed by atoms with Crippen molar-refractivity contribution in [2.45, 2.75) is 6.54 Å². The minimum atomic E-state index is 0.882. The summed E-state index contributed by atoms with van der Waals surface area (Å²) in [6.45, 7) is 0.882. The average molecular weight is 262 g/mol. The molecule has 1 aliphatic rings. The van der Waals surface area contributed by atoms with E-state index in [4.69, 9.17) is 0 Å². The zero-order valence-corrected chi connectivity index (χ0v) is 11.0. The quantitative estimate of drug-likeness (QED) is 0.397. The van der Waals surface area contributed by atoms with Crippen molar-refractivity contribution in [1.29, 1.82) is 0 Å². The molecule has 20 heavy (non-hydrogen) atoms. The minimum absolute atomic E-state index is 0.882. The first kappa shape index (κ1) is 10.1. The Balaban J connectivity index is 1.98. The first-order chi connectivity index (χ1) is 9.84. The van der Waals surface area contributed by atoms with Crippen LogP contribution in [0.15, 0.2) is 43.1 Å². The molecule has 0 aliphatic carbocycles. The maximum atomic E-state index is 4.52. The summed E-state index contributed by atoms with van der Waals surface area (Å²) >= 11 is 0. The van der Waals surface area contributed by atoms with Crippen LogP contribution in [0.4, 0.5) is 0 Å². The zero-order chi connectivity index (χ0) is 13.3. The SMILES string of the molecule is C[n+]1c2n(c3cn4cccnc4c31)Cc1cnccc1-2. The van der Waals surface area contributed by atoms with Crippen molar-refractivity contribution < 1.29 is 4.57 Å². The van der Waals surface area contributed by atoms with Gasteiger partial charge >= 0.3 is 0 Å². The number of aryl methyl sites for hydroxylation is 1. The van der Waals surface area contributed by atoms with Crippen LogP contribution >= 0.6 is 0 Å². The Labute approximate surface area is 114 Å². The molecular weight excluding hydrogens is 250 g/mol. The molecule has 0 aromatic carbocycles. The Morgan fingerprint density at radius 3 is 3.20 bits per heavy atom. The molecule has 96 valence electrons. The van der Waals surface area contributed by atoms with E-state index in [1.54, 1.807) is 0 Å². The predicted molar refractivity (Wildman–Crippen MR) is 74.2 cm³/mol. The highest BCUT2D eigenvalue weighted by molar-refractivity contribution is 5.89. The lowest BCUT2D eigenvalue weighted by Crippen LogP contribution is -2.29. The molecule has 4 aromatic rings. The average Bonchev–Trinajstić information content (AvgIpc) is 3.10. The third-order valence-corrected chi connectivity index (χ3v) is 4.16. The third kappa shape index (κ3) is 1.02. The van der Waals surface area contributed by atoms with E-state index in [-0.39, 0.29) is 0 Å². The molecule has 1 aliphatic heterocycles. The van der Waals surface area contributed by atoms with E-state index in [1.807, 2.05) is 30.9 Å². The molecule has 5 rings (SSSR count). The molecule has 0 unspecified atom stereocenters. The van der Waals surface area contributed by atoms with Crippen molar-refractivity contribution in [2.24, 2.45) is 7.05 Å². The van der Waals surface area contributed by atoms with E-state index in [2.05, 4.69) is 42.8 Å². The largest absolute Gasteiger partial charge is 0.300 e. The smallest absolute Gasteiger partial charge is 0.290 e. The summed E-state index contributed by atoms with van der Waals surface area (Å²) in [6.07, 6.45) is 9.86. The van der Waals surface area contributed by atoms with Crippen LogP contribution in [0.3, 0.4) is 0 Å². The van der Waals surface area contributed by atoms with Gasteiger partial charge in [-0.25, -0.2) is 14.1 Å². The lowest BCUT2D eigenvalue weighted by Gasteiger charge is -1.95. The molecule has 0 N–H and O–H groups in total. The number of nitrogens with zero attached hydrogens (tertiary/aromatic N) is 5. The lowest BCUT2D eigenvalue weighted by molar-refractivity contribution is -0.633. The van der Waals surface area contributed by atoms with Crippen LogP contribution in [0, 0.1) is 0 Å². The van der Waals surface area contributed by atoms with Gasteiger partial charge in [0.15, 0.2) is 11.2 Å². The number of aromatic nitrogens is 5. The van der Waals surface area contributed by atoms with Crippen LogP contribution in [0.2, 0.25) is 0 Å². The van der Waals surface area contributed by atoms with Gasteiger partial charge in [0, 0.05) is 30.4 Å². The van der Waals surface area contributed by atoms with Crippen molar-refractivity contribution in [1.82, 2.24) is 18.9 Å². The highest BCUT2D eigenvalue weighted by Crippen LogP contribution is 2.33. The highest BCUT2D eigenvalue weighted by atomic mass is 15.2. The second kappa shape index (κ2) is 3.25. The van der Waals surface area contributed by atoms with Gasteiger partial charge in [-0.3, -0.25) is 4.98 Å². The van der Waals surface area contributed by atoms with Crippen molar-refractivity contribution >= 4 is 16.7 Å². The Hall–Kier alpha value is -2.69. The highest BCUT2D eigenvalue weighted by Gasteiger charge is 2.34. The van der Waals surface area contributed by atoms with E-state index in [0.29, 0.717) is 0 Å². The molecule has 0 saturated heterocycles. The molecule has 5 heterocycles. The van der Waals surface area contributed by atoms with Crippen molar-refractivity contribution in [2.75, 3.05) is 0 Å². The van der Waals surface area contributed by atoms with Gasteiger partial charge in [-0.15, -0.1) is 0 Å². The Bertz CT molecular complexity index is 992. The number of pyridine rings is 1. The van der Waals surface area contributed by atoms with Gasteiger partial charge in [0.2, 0.25) is 5.52 Å². The fraction of sp³-hybridized carbons (Fsp3) is 0.133. The number of rotatable bonds is 0. The predicted octanol–water partition coefficient (Wildman–Crippen LogP) is 1.54. The first-order valence-corrected chi connectivity index (χ1v) is 6.62. The molecule has 0 saturated carbocycles. The first-order valence-electron chi connectivity index (χ1n) is 6.62. The monoisotopic (exact) mass is 262 g/mol. The second-order valence-corrected chi connectivity index (χ2v) is 5.22. The fourth-order valence-electron chi connectivity index (χ4n) is 3.33. The topological polar surface area (TPSA) is 39.0 Å². The van der Waals surface area contributed by atoms with Crippen LogP contribution in [-0.4, -0.2) is 18.9 Å². The number of hydrogen-bond donors (Lipinski definition) is 0. The van der Waals surface area contributed by atoms with Crippen LogP contribution in [0.25, 0.3) is 28.1 Å². The van der Waals surface area contributed by atoms with Gasteiger partial charge in [0.05, 0.1) is 18.8 Å². The summed E-state index contributed by atoms with van der Waals surface area (Å²) in [7, 11) is 2.11. The molecular formula is C15H12N5+. The second-order valence-electron chi connectivity index (χ2n) is 5.22. The summed E-state index contributed by atoms with van der Waals surface area (Å²) in [6, 6.07) is 4.05. The fourth-order valence-corrected chi connectivity index (χ4v) is 3.33. The van der Waals surface area contributed by atoms with Crippen molar-refractivity contribution in [3.8, 4) is 11.4 Å². The number of imidazole rings is 1. The van der Waals surface area contributed by atoms with Crippen molar-refractivity contribution in [3.05, 3.63) is 48.7 Å². The van der Waals surface area contributed by atoms with E-state index in [9.17, 15) is 0 Å². The summed E-state index contributed by atoms with van der Waals surface area (Å²) in [5.74, 6) is 1.24. The number of fused-ring (bicyclic) bond motifs is 7. The van der Waals surface area contributed by atoms with E-state index in [0.717, 1.165) is 12.2 Å². The molecule has 0 bridgehead atoms. The van der Waals surface area contributed by atoms with Gasteiger partial charge in [-0.05, 0) is 12.1 Å². The van der Waals surface area contributed by atoms with Crippen LogP contribution in [0.5, 0.6) is 0 Å². The molecule has 5 nitrogen and oxygen atoms in total. The zero-order valence-electron chi connectivity index (χ0n) is 11.0. The Morgan fingerprint density at radius 1 is 1.30 bits per heavy atom. The van der Waals surface area contributed by atoms with Gasteiger partial charge in [0.1, 0.15) is 6.54 Å². The van der Waals surface area contributed by atoms with Gasteiger partial charge in [0.25, 0.3) is 5.82 Å². The Kier molecular flexibility index (Phi) is 1.65. The lowest BCUT2D eigenvalue weighted by atomic mass is 10.2. The van der Waals surface area contributed by atoms with E-state index < -0.39 is 0 Å². The molecule has 0 spiro atoms. The van der Waals surface area contributed by atoms with Crippen LogP contribution in [0.1, 0.15) is 5.56 Å². The molecule has 5 heteroatoms. The maximum Gasteiger partial charge on any atom is 0.290 e. The van der Waals surface area contributed by atoms with Crippen LogP contribution in [-0.2, 0) is 13.6 Å². The number of hydrogen-bond acceptors (Lipinski definition) is 2. The minimum Gasteiger partial charge on any atom is -0.300 e. The maximum absolute atomic E-state index is 4.52. The summed E-state index contributed by atoms with van der Waals surface area (Å²) in [5, 5.41) is 0. The summed E-state index contributed by atoms with van der Waals surface area (Å²) in [5.41, 5.74) is 5.96. The van der Waals surface area contributed by atoms with Gasteiger partial charge in [-0.1, -0.05) is 0 Å². The van der Waals surface area contributed by atoms with Crippen molar-refractivity contribution in [3.63, 3.8) is 0 Å². The standard InChI is InChI=1S/C15H12N5/c1-18-13-12(9-19-6-2-4-17-14(13)19)20-8-10-7-16-5-3-11(10)15(18)20/h2-7,9H,8H2,1H3/q+1. The normalized spacial score (nSPS) is 13.1. The van der Waals surface area contributed by atoms with Gasteiger partial charge < -0.3 is 4.40 Å². The molecule has 0 atom stereocenters. The third-order valence-electron chi connectivity index (χ3n) is 4.16. The van der Waals surface area contributed by atoms with E-state index >= 15 is 0 Å². The molecule has 0 amide bonds. The molecule has 0 radical (unpaired) electrons. The van der Waals surface area contributed by atoms with Crippen LogP contribution < -0.4 is 4.57 Å². The summed E-state index contributed by atoms with van der Waals surface area (Å²) < 4.78 is 6.67.